The fourth-order valence-electron chi connectivity index (χ4n) is 3.92. The molecule has 0 aromatic heterocycles. The minimum absolute atomic E-state index is 0.00505. The van der Waals surface area contributed by atoms with Crippen LogP contribution in [-0.2, 0) is 9.59 Å². The second kappa shape index (κ2) is 7.37. The number of ketones is 1. The van der Waals surface area contributed by atoms with Gasteiger partial charge in [-0.2, -0.15) is 0 Å². The summed E-state index contributed by atoms with van der Waals surface area (Å²) in [4.78, 5) is 25.8. The van der Waals surface area contributed by atoms with Gasteiger partial charge in [-0.25, -0.2) is 0 Å². The molecule has 2 bridgehead atoms. The second-order valence-corrected chi connectivity index (χ2v) is 6.75. The maximum absolute atomic E-state index is 12.6. The number of carbonyl (C=O) groups is 2. The minimum Gasteiger partial charge on any atom is -0.502 e. The fourth-order valence-corrected chi connectivity index (χ4v) is 3.92. The number of aromatic hydroxyl groups is 1. The van der Waals surface area contributed by atoms with Crippen LogP contribution in [0.1, 0.15) is 18.4 Å². The second-order valence-electron chi connectivity index (χ2n) is 6.75. The lowest BCUT2D eigenvalue weighted by Gasteiger charge is -2.47. The van der Waals surface area contributed by atoms with E-state index in [0.717, 1.165) is 13.0 Å². The average Bonchev–Trinajstić information content (AvgIpc) is 2.66. The van der Waals surface area contributed by atoms with E-state index in [1.54, 1.807) is 18.2 Å². The standard InChI is InChI=1S/C19H23NO6/c1-25-16-7-11(8-17(26-2)18(16)22)3-4-15(21)13-10-20-6-5-12(13)9-14(20)19(23)24/h3-4,7-8,12-14,22H,5-6,9-10H2,1-2H3,(H,23,24)/b4-3+. The van der Waals surface area contributed by atoms with Gasteiger partial charge < -0.3 is 19.7 Å². The number of hydrogen-bond donors (Lipinski definition) is 2. The first kappa shape index (κ1) is 18.3. The normalized spacial score (nSPS) is 27.5. The van der Waals surface area contributed by atoms with Gasteiger partial charge in [0.05, 0.1) is 14.2 Å². The molecule has 0 spiro atoms. The first-order valence-electron chi connectivity index (χ1n) is 8.58. The number of aliphatic carboxylic acids is 1. The van der Waals surface area contributed by atoms with Gasteiger partial charge in [0.1, 0.15) is 6.04 Å². The van der Waals surface area contributed by atoms with Crippen molar-refractivity contribution in [2.75, 3.05) is 27.3 Å². The molecule has 0 aliphatic carbocycles. The molecule has 0 radical (unpaired) electrons. The van der Waals surface area contributed by atoms with Crippen LogP contribution in [0.3, 0.4) is 0 Å². The van der Waals surface area contributed by atoms with Crippen molar-refractivity contribution in [1.29, 1.82) is 0 Å². The van der Waals surface area contributed by atoms with Gasteiger partial charge >= 0.3 is 5.97 Å². The fraction of sp³-hybridized carbons (Fsp3) is 0.474. The maximum Gasteiger partial charge on any atom is 0.320 e. The molecule has 4 rings (SSSR count). The van der Waals surface area contributed by atoms with E-state index in [2.05, 4.69) is 0 Å². The smallest absolute Gasteiger partial charge is 0.320 e. The highest BCUT2D eigenvalue weighted by molar-refractivity contribution is 5.96. The van der Waals surface area contributed by atoms with Gasteiger partial charge in [0, 0.05) is 12.5 Å². The predicted octanol–water partition coefficient (Wildman–Crippen LogP) is 1.79. The predicted molar refractivity (Wildman–Crippen MR) is 94.5 cm³/mol. The summed E-state index contributed by atoms with van der Waals surface area (Å²) in [5, 5.41) is 19.2. The van der Waals surface area contributed by atoms with Gasteiger partial charge in [-0.1, -0.05) is 6.08 Å². The molecule has 140 valence electrons. The third kappa shape index (κ3) is 3.39. The zero-order valence-corrected chi connectivity index (χ0v) is 14.8. The molecule has 4 atom stereocenters. The Hall–Kier alpha value is -2.54. The number of fused-ring (bicyclic) bond motifs is 3. The Bertz CT molecular complexity index is 719. The molecule has 2 N–H and O–H groups in total. The molecular formula is C19H23NO6. The zero-order chi connectivity index (χ0) is 18.8. The number of benzene rings is 1. The van der Waals surface area contributed by atoms with Crippen LogP contribution in [0.5, 0.6) is 17.2 Å². The maximum atomic E-state index is 12.6. The van der Waals surface area contributed by atoms with Crippen molar-refractivity contribution in [3.8, 4) is 17.2 Å². The highest BCUT2D eigenvalue weighted by Gasteiger charge is 2.45. The van der Waals surface area contributed by atoms with Crippen LogP contribution in [0.4, 0.5) is 0 Å². The summed E-state index contributed by atoms with van der Waals surface area (Å²) in [6, 6.07) is 2.78. The van der Waals surface area contributed by atoms with E-state index in [1.165, 1.54) is 20.3 Å². The number of allylic oxidation sites excluding steroid dienone is 1. The largest absolute Gasteiger partial charge is 0.502 e. The van der Waals surface area contributed by atoms with Gasteiger partial charge in [-0.15, -0.1) is 0 Å². The highest BCUT2D eigenvalue weighted by atomic mass is 16.5. The summed E-state index contributed by atoms with van der Waals surface area (Å²) >= 11 is 0. The van der Waals surface area contributed by atoms with Crippen LogP contribution in [0.25, 0.3) is 6.08 Å². The third-order valence-corrected chi connectivity index (χ3v) is 5.35. The molecule has 1 aromatic rings. The summed E-state index contributed by atoms with van der Waals surface area (Å²) in [5.41, 5.74) is 0.675. The molecule has 3 heterocycles. The number of methoxy groups -OCH3 is 2. The van der Waals surface area contributed by atoms with Gasteiger partial charge in [0.2, 0.25) is 5.75 Å². The Morgan fingerprint density at radius 2 is 1.88 bits per heavy atom. The van der Waals surface area contributed by atoms with E-state index in [-0.39, 0.29) is 34.9 Å². The Balaban J connectivity index is 1.74. The van der Waals surface area contributed by atoms with Crippen LogP contribution < -0.4 is 9.47 Å². The Labute approximate surface area is 151 Å². The first-order chi connectivity index (χ1) is 12.4. The molecule has 7 heteroatoms. The lowest BCUT2D eigenvalue weighted by molar-refractivity contribution is -0.151. The number of phenolic OH excluding ortho intramolecular Hbond substituents is 1. The van der Waals surface area contributed by atoms with E-state index in [1.807, 2.05) is 4.90 Å². The Morgan fingerprint density at radius 3 is 2.38 bits per heavy atom. The quantitative estimate of drug-likeness (QED) is 0.746. The molecule has 0 amide bonds. The van der Waals surface area contributed by atoms with Crippen LogP contribution in [-0.4, -0.2) is 60.2 Å². The van der Waals surface area contributed by atoms with Crippen molar-refractivity contribution in [2.24, 2.45) is 11.8 Å². The lowest BCUT2D eigenvalue weighted by Crippen LogP contribution is -2.57. The first-order valence-corrected chi connectivity index (χ1v) is 8.58. The van der Waals surface area contributed by atoms with Crippen molar-refractivity contribution < 1.29 is 29.3 Å². The van der Waals surface area contributed by atoms with Crippen molar-refractivity contribution >= 4 is 17.8 Å². The summed E-state index contributed by atoms with van der Waals surface area (Å²) in [7, 11) is 2.89. The number of carbonyl (C=O) groups excluding carboxylic acids is 1. The van der Waals surface area contributed by atoms with Crippen LogP contribution in [0.2, 0.25) is 0 Å². The van der Waals surface area contributed by atoms with E-state index >= 15 is 0 Å². The SMILES string of the molecule is COc1cc(/C=C/C(=O)C2CN3CCC2CC3C(=O)O)cc(OC)c1O. The molecular weight excluding hydrogens is 338 g/mol. The molecule has 7 nitrogen and oxygen atoms in total. The monoisotopic (exact) mass is 361 g/mol. The van der Waals surface area contributed by atoms with E-state index in [4.69, 9.17) is 9.47 Å². The Morgan fingerprint density at radius 1 is 1.23 bits per heavy atom. The van der Waals surface area contributed by atoms with Gasteiger partial charge in [-0.05, 0) is 49.1 Å². The number of nitrogens with zero attached hydrogens (tertiary/aromatic N) is 1. The molecule has 1 aromatic carbocycles. The number of phenols is 1. The molecule has 3 fully saturated rings. The van der Waals surface area contributed by atoms with Crippen molar-refractivity contribution in [3.05, 3.63) is 23.8 Å². The van der Waals surface area contributed by atoms with E-state index in [0.29, 0.717) is 18.5 Å². The Kier molecular flexibility index (Phi) is 5.18. The molecule has 3 aliphatic heterocycles. The van der Waals surface area contributed by atoms with Crippen LogP contribution in [0, 0.1) is 11.8 Å². The van der Waals surface area contributed by atoms with Crippen LogP contribution in [0.15, 0.2) is 18.2 Å². The van der Waals surface area contributed by atoms with E-state index < -0.39 is 12.0 Å². The van der Waals surface area contributed by atoms with E-state index in [9.17, 15) is 19.8 Å². The number of carboxylic acid groups (broad SMARTS) is 1. The topological polar surface area (TPSA) is 96.3 Å². The molecule has 0 saturated carbocycles. The number of ether oxygens (including phenoxy) is 2. The summed E-state index contributed by atoms with van der Waals surface area (Å²) in [5.74, 6) is -0.421. The highest BCUT2D eigenvalue weighted by Crippen LogP contribution is 2.39. The van der Waals surface area contributed by atoms with Gasteiger partial charge in [0.25, 0.3) is 0 Å². The van der Waals surface area contributed by atoms with Gasteiger partial charge in [-0.3, -0.25) is 14.5 Å². The van der Waals surface area contributed by atoms with Crippen molar-refractivity contribution in [3.63, 3.8) is 0 Å². The molecule has 26 heavy (non-hydrogen) atoms. The number of carboxylic acids is 1. The average molecular weight is 361 g/mol. The third-order valence-electron chi connectivity index (χ3n) is 5.35. The summed E-state index contributed by atoms with van der Waals surface area (Å²) < 4.78 is 10.2. The summed E-state index contributed by atoms with van der Waals surface area (Å²) in [6.07, 6.45) is 4.57. The molecule has 4 unspecified atom stereocenters. The zero-order valence-electron chi connectivity index (χ0n) is 14.8. The van der Waals surface area contributed by atoms with Gasteiger partial charge in [0.15, 0.2) is 17.3 Å². The van der Waals surface area contributed by atoms with Crippen molar-refractivity contribution in [1.82, 2.24) is 4.90 Å². The number of piperidine rings is 3. The minimum atomic E-state index is -0.806. The van der Waals surface area contributed by atoms with Crippen molar-refractivity contribution in [2.45, 2.75) is 18.9 Å². The molecule has 3 saturated heterocycles. The molecule has 3 aliphatic rings. The number of hydrogen-bond acceptors (Lipinski definition) is 6. The number of rotatable bonds is 6. The lowest BCUT2D eigenvalue weighted by atomic mass is 9.73. The summed E-state index contributed by atoms with van der Waals surface area (Å²) in [6.45, 7) is 1.23. The van der Waals surface area contributed by atoms with Crippen LogP contribution >= 0.6 is 0 Å².